The molecule has 9 heteroatoms. The van der Waals surface area contributed by atoms with Crippen molar-refractivity contribution < 1.29 is 9.32 Å². The van der Waals surface area contributed by atoms with Crippen LogP contribution in [0.4, 0.5) is 0 Å². The number of carbonyl (C=O) groups excluding carboxylic acids is 1. The fourth-order valence-electron chi connectivity index (χ4n) is 3.94. The molecule has 0 spiro atoms. The van der Waals surface area contributed by atoms with E-state index < -0.39 is 0 Å². The van der Waals surface area contributed by atoms with Crippen LogP contribution in [0.15, 0.2) is 71.4 Å². The van der Waals surface area contributed by atoms with Gasteiger partial charge >= 0.3 is 0 Å². The van der Waals surface area contributed by atoms with Crippen LogP contribution in [0.25, 0.3) is 17.1 Å². The highest BCUT2D eigenvalue weighted by molar-refractivity contribution is 6.30. The molecule has 3 heterocycles. The van der Waals surface area contributed by atoms with Crippen LogP contribution in [-0.2, 0) is 0 Å². The van der Waals surface area contributed by atoms with Gasteiger partial charge in [0.2, 0.25) is 11.7 Å². The molecule has 0 bridgehead atoms. The first-order valence-corrected chi connectivity index (χ1v) is 11.2. The van der Waals surface area contributed by atoms with E-state index in [1.54, 1.807) is 23.0 Å². The first-order valence-electron chi connectivity index (χ1n) is 10.8. The van der Waals surface area contributed by atoms with E-state index in [4.69, 9.17) is 16.1 Å². The monoisotopic (exact) mass is 462 g/mol. The molecule has 0 radical (unpaired) electrons. The van der Waals surface area contributed by atoms with Crippen LogP contribution >= 0.6 is 11.6 Å². The van der Waals surface area contributed by atoms with Crippen molar-refractivity contribution in [1.82, 2.24) is 29.7 Å². The van der Waals surface area contributed by atoms with Gasteiger partial charge < -0.3 is 9.42 Å². The molecule has 1 atom stereocenters. The molecule has 0 aliphatic carbocycles. The molecule has 1 amide bonds. The summed E-state index contributed by atoms with van der Waals surface area (Å²) >= 11 is 6.07. The van der Waals surface area contributed by atoms with Crippen molar-refractivity contribution in [1.29, 1.82) is 0 Å². The van der Waals surface area contributed by atoms with Crippen LogP contribution < -0.4 is 0 Å². The predicted molar refractivity (Wildman–Crippen MR) is 124 cm³/mol. The van der Waals surface area contributed by atoms with Crippen LogP contribution in [0, 0.1) is 0 Å². The third kappa shape index (κ3) is 4.53. The Morgan fingerprint density at radius 1 is 1.03 bits per heavy atom. The zero-order valence-corrected chi connectivity index (χ0v) is 18.9. The molecule has 5 rings (SSSR count). The summed E-state index contributed by atoms with van der Waals surface area (Å²) in [5.41, 5.74) is 2.16. The second-order valence-electron chi connectivity index (χ2n) is 7.95. The van der Waals surface area contributed by atoms with Gasteiger partial charge in [0, 0.05) is 43.0 Å². The van der Waals surface area contributed by atoms with Crippen LogP contribution in [0.3, 0.4) is 0 Å². The molecular formula is C24H23ClN6O2. The maximum absolute atomic E-state index is 13.0. The number of rotatable bonds is 5. The Morgan fingerprint density at radius 2 is 1.82 bits per heavy atom. The lowest BCUT2D eigenvalue weighted by Crippen LogP contribution is -2.49. The Balaban J connectivity index is 1.21. The summed E-state index contributed by atoms with van der Waals surface area (Å²) in [4.78, 5) is 21.6. The number of amides is 1. The quantitative estimate of drug-likeness (QED) is 0.444. The van der Waals surface area contributed by atoms with Gasteiger partial charge in [0.1, 0.15) is 0 Å². The minimum Gasteiger partial charge on any atom is -0.337 e. The Labute approximate surface area is 196 Å². The van der Waals surface area contributed by atoms with Crippen molar-refractivity contribution in [2.75, 3.05) is 26.2 Å². The van der Waals surface area contributed by atoms with Gasteiger partial charge in [-0.05, 0) is 31.2 Å². The molecule has 1 aliphatic heterocycles. The number of carbonyl (C=O) groups is 1. The molecule has 2 aromatic carbocycles. The first-order chi connectivity index (χ1) is 16.1. The van der Waals surface area contributed by atoms with Gasteiger partial charge in [0.25, 0.3) is 5.91 Å². The number of piperazine rings is 1. The molecular weight excluding hydrogens is 440 g/mol. The standard InChI is InChI=1S/C24H23ClN6O2/c1-17(23-26-22(28-33-23)18-6-3-2-4-7-18)29-12-14-30(15-13-29)24(32)21-10-11-31(27-21)20-9-5-8-19(25)16-20/h2-11,16-17H,12-15H2,1H3. The number of halogens is 1. The highest BCUT2D eigenvalue weighted by Gasteiger charge is 2.29. The summed E-state index contributed by atoms with van der Waals surface area (Å²) in [6.45, 7) is 4.68. The Hall–Kier alpha value is -3.49. The summed E-state index contributed by atoms with van der Waals surface area (Å²) in [6, 6.07) is 18.8. The average molecular weight is 463 g/mol. The molecule has 1 aliphatic rings. The third-order valence-corrected chi connectivity index (χ3v) is 6.10. The predicted octanol–water partition coefficient (Wildman–Crippen LogP) is 4.09. The van der Waals surface area contributed by atoms with Crippen molar-refractivity contribution in [3.63, 3.8) is 0 Å². The van der Waals surface area contributed by atoms with Crippen molar-refractivity contribution in [3.8, 4) is 17.1 Å². The van der Waals surface area contributed by atoms with Crippen molar-refractivity contribution in [2.24, 2.45) is 0 Å². The molecule has 33 heavy (non-hydrogen) atoms. The fraction of sp³-hybridized carbons (Fsp3) is 0.250. The maximum Gasteiger partial charge on any atom is 0.274 e. The Bertz CT molecular complexity index is 1250. The van der Waals surface area contributed by atoms with E-state index >= 15 is 0 Å². The topological polar surface area (TPSA) is 80.3 Å². The van der Waals surface area contributed by atoms with E-state index in [0.717, 1.165) is 11.3 Å². The lowest BCUT2D eigenvalue weighted by molar-refractivity contribution is 0.0546. The van der Waals surface area contributed by atoms with E-state index in [9.17, 15) is 4.79 Å². The van der Waals surface area contributed by atoms with Gasteiger partial charge in [-0.15, -0.1) is 0 Å². The zero-order valence-electron chi connectivity index (χ0n) is 18.1. The van der Waals surface area contributed by atoms with Crippen LogP contribution in [0.2, 0.25) is 5.02 Å². The lowest BCUT2D eigenvalue weighted by atomic mass is 10.2. The number of benzene rings is 2. The summed E-state index contributed by atoms with van der Waals surface area (Å²) < 4.78 is 7.19. The minimum atomic E-state index is -0.0766. The molecule has 4 aromatic rings. The van der Waals surface area contributed by atoms with Gasteiger partial charge in [-0.25, -0.2) is 4.68 Å². The Morgan fingerprint density at radius 3 is 2.58 bits per heavy atom. The van der Waals surface area contributed by atoms with Gasteiger partial charge in [0.05, 0.1) is 11.7 Å². The van der Waals surface area contributed by atoms with Crippen molar-refractivity contribution in [3.05, 3.63) is 83.5 Å². The van der Waals surface area contributed by atoms with Crippen molar-refractivity contribution >= 4 is 17.5 Å². The molecule has 8 nitrogen and oxygen atoms in total. The van der Waals surface area contributed by atoms with E-state index in [0.29, 0.717) is 48.6 Å². The van der Waals surface area contributed by atoms with E-state index in [2.05, 4.69) is 20.1 Å². The van der Waals surface area contributed by atoms with Gasteiger partial charge in [-0.3, -0.25) is 9.69 Å². The smallest absolute Gasteiger partial charge is 0.274 e. The average Bonchev–Trinajstić information content (AvgIpc) is 3.54. The van der Waals surface area contributed by atoms with Crippen molar-refractivity contribution in [2.45, 2.75) is 13.0 Å². The molecule has 0 saturated carbocycles. The number of nitrogens with zero attached hydrogens (tertiary/aromatic N) is 6. The molecule has 2 aromatic heterocycles. The summed E-state index contributed by atoms with van der Waals surface area (Å²) in [7, 11) is 0. The number of hydrogen-bond donors (Lipinski definition) is 0. The maximum atomic E-state index is 13.0. The molecule has 1 saturated heterocycles. The number of hydrogen-bond acceptors (Lipinski definition) is 6. The largest absolute Gasteiger partial charge is 0.337 e. The van der Waals surface area contributed by atoms with Crippen LogP contribution in [-0.4, -0.2) is 61.8 Å². The first kappa shape index (κ1) is 21.4. The normalized spacial score (nSPS) is 15.5. The third-order valence-electron chi connectivity index (χ3n) is 5.86. The Kier molecular flexibility index (Phi) is 5.93. The second-order valence-corrected chi connectivity index (χ2v) is 8.39. The molecule has 168 valence electrons. The fourth-order valence-corrected chi connectivity index (χ4v) is 4.12. The van der Waals surface area contributed by atoms with Gasteiger partial charge in [0.15, 0.2) is 5.69 Å². The highest BCUT2D eigenvalue weighted by Crippen LogP contribution is 2.24. The SMILES string of the molecule is CC(c1nc(-c2ccccc2)no1)N1CCN(C(=O)c2ccn(-c3cccc(Cl)c3)n2)CC1. The molecule has 0 N–H and O–H groups in total. The summed E-state index contributed by atoms with van der Waals surface area (Å²) in [6.07, 6.45) is 1.77. The lowest BCUT2D eigenvalue weighted by Gasteiger charge is -2.36. The molecule has 1 fully saturated rings. The van der Waals surface area contributed by atoms with Gasteiger partial charge in [-0.2, -0.15) is 10.1 Å². The molecule has 1 unspecified atom stereocenters. The number of aromatic nitrogens is 4. The summed E-state index contributed by atoms with van der Waals surface area (Å²) in [5.74, 6) is 1.09. The van der Waals surface area contributed by atoms with E-state index in [-0.39, 0.29) is 11.9 Å². The van der Waals surface area contributed by atoms with Crippen LogP contribution in [0.5, 0.6) is 0 Å². The van der Waals surface area contributed by atoms with Crippen LogP contribution in [0.1, 0.15) is 29.3 Å². The minimum absolute atomic E-state index is 0.0331. The van der Waals surface area contributed by atoms with Gasteiger partial charge in [-0.1, -0.05) is 53.2 Å². The second kappa shape index (κ2) is 9.17. The summed E-state index contributed by atoms with van der Waals surface area (Å²) in [5, 5.41) is 9.20. The highest BCUT2D eigenvalue weighted by atomic mass is 35.5. The zero-order chi connectivity index (χ0) is 22.8. The van der Waals surface area contributed by atoms with E-state index in [1.807, 2.05) is 60.4 Å². The van der Waals surface area contributed by atoms with E-state index in [1.165, 1.54) is 0 Å².